The van der Waals surface area contributed by atoms with Crippen molar-refractivity contribution in [2.24, 2.45) is 5.73 Å². The summed E-state index contributed by atoms with van der Waals surface area (Å²) in [7, 11) is -0.450. The first-order chi connectivity index (χ1) is 57.0. The summed E-state index contributed by atoms with van der Waals surface area (Å²) in [6.07, 6.45) is 19.7. The number of rotatable bonds is 9. The van der Waals surface area contributed by atoms with Crippen LogP contribution in [-0.2, 0) is 9.31 Å². The fraction of sp³-hybridized carbons (Fsp3) is 0.323. The van der Waals surface area contributed by atoms with E-state index in [9.17, 15) is 20.0 Å². The number of fused-ring (bicyclic) bond motifs is 23. The van der Waals surface area contributed by atoms with Crippen LogP contribution in [0.4, 0.5) is 0 Å². The molecule has 16 heterocycles. The van der Waals surface area contributed by atoms with Crippen LogP contribution in [-0.4, -0.2) is 109 Å². The van der Waals surface area contributed by atoms with Crippen LogP contribution in [0.15, 0.2) is 169 Å². The van der Waals surface area contributed by atoms with E-state index in [1.54, 1.807) is 18.3 Å². The molecule has 1 amide bonds. The Morgan fingerprint density at radius 2 is 0.839 bits per heavy atom. The van der Waals surface area contributed by atoms with E-state index < -0.39 is 19.0 Å². The molecule has 25 heteroatoms. The number of benzene rings is 3. The van der Waals surface area contributed by atoms with Crippen molar-refractivity contribution in [1.29, 1.82) is 10.5 Å². The van der Waals surface area contributed by atoms with E-state index >= 15 is 0 Å². The number of hydrogen-bond donors (Lipinski definition) is 2. The molecule has 1 saturated heterocycles. The number of nitriles is 2. The van der Waals surface area contributed by atoms with Crippen LogP contribution in [0.25, 0.3) is 101 Å². The molecule has 3 aromatic carbocycles. The second-order valence-corrected chi connectivity index (χ2v) is 34.6. The summed E-state index contributed by atoms with van der Waals surface area (Å²) in [5.74, 6) is 0.790. The van der Waals surface area contributed by atoms with Gasteiger partial charge in [-0.15, -0.1) is 0 Å². The summed E-state index contributed by atoms with van der Waals surface area (Å²) in [6.45, 7) is 16.0. The van der Waals surface area contributed by atoms with E-state index in [2.05, 4.69) is 78.2 Å². The highest BCUT2D eigenvalue weighted by molar-refractivity contribution is 9.10. The van der Waals surface area contributed by atoms with Gasteiger partial charge in [0.1, 0.15) is 28.3 Å². The number of carbonyl (C=O) groups excluding carboxylic acids is 1. The minimum atomic E-state index is -0.892. The van der Waals surface area contributed by atoms with Crippen molar-refractivity contribution in [2.75, 3.05) is 0 Å². The molecule has 8 bridgehead atoms. The first kappa shape index (κ1) is 75.7. The zero-order valence-corrected chi connectivity index (χ0v) is 68.5. The number of aromatic carboxylic acids is 1. The first-order valence-electron chi connectivity index (χ1n) is 40.8. The average molecular weight is 1630 g/mol. The summed E-state index contributed by atoms with van der Waals surface area (Å²) in [6, 6.07) is 52.8. The number of pyridine rings is 7. The molecule has 3 N–H and O–H groups in total. The van der Waals surface area contributed by atoms with Crippen molar-refractivity contribution >= 4 is 73.1 Å². The Morgan fingerprint density at radius 1 is 0.466 bits per heavy atom. The molecule has 118 heavy (non-hydrogen) atoms. The van der Waals surface area contributed by atoms with Crippen LogP contribution in [0.2, 0.25) is 0 Å². The summed E-state index contributed by atoms with van der Waals surface area (Å²) >= 11 is 3.74. The standard InChI is InChI=1S/C24H21N5O.C24H19N5.C16H17BN2O2.C15H15N3O2.C14H14BrN3/c1-13-3-2-4-20(27-13)22-21(23-14-5-7-16(11-14)29(23)28-22)17-9-10-26-19-8-6-15(24(25)30)12-18(17)19;1-14-3-2-4-21(27-14)23-22(24-16-6-7-17(12-16)29(24)28-23)18-9-10-26-20-8-5-15(13-25)11-19(18)20;1-15(2)16(3,4)21-17(20-15)13-7-8-19-14-6-5-11(10-18)9-12(13)14;1-8-3-2-4-11(16-8)13-12(15(19)20)14-9-5-6-10(7-9)18(14)17-13;1-8-3-2-4-11(16-8)13-12(15)14-9-5-6-10(7-9)18(14)17-13/h2-4,6,8-10,12,14,16H,5,7,11H2,1H3,(H2,25,30);2-5,8-11,16-17H,6-7,12H2,1H3;5-9H,1-4H3;2-4,9-10H,5-7H2,1H3,(H,19,20);2-4,9-10H,5-7H2,1H3. The van der Waals surface area contributed by atoms with Crippen LogP contribution in [0, 0.1) is 50.4 Å². The van der Waals surface area contributed by atoms with E-state index in [1.807, 2.05) is 200 Å². The Balaban J connectivity index is 0.0000000994. The molecule has 5 aliphatic heterocycles. The minimum Gasteiger partial charge on any atom is -0.478 e. The lowest BCUT2D eigenvalue weighted by Crippen LogP contribution is -2.41. The Morgan fingerprint density at radius 3 is 1.28 bits per heavy atom. The van der Waals surface area contributed by atoms with Crippen LogP contribution in [0.5, 0.6) is 0 Å². The third kappa shape index (κ3) is 13.2. The molecule has 9 aliphatic rings. The number of nitrogens with two attached hydrogens (primary N) is 1. The van der Waals surface area contributed by atoms with Gasteiger partial charge in [-0.3, -0.25) is 58.4 Å². The van der Waals surface area contributed by atoms with Crippen LogP contribution >= 0.6 is 15.9 Å². The fourth-order valence-corrected chi connectivity index (χ4v) is 20.4. The molecule has 4 saturated carbocycles. The minimum absolute atomic E-state index is 0.357. The number of carboxylic acid groups (broad SMARTS) is 1. The number of carboxylic acids is 1. The number of halogens is 1. The maximum absolute atomic E-state index is 11.8. The highest BCUT2D eigenvalue weighted by Gasteiger charge is 2.53. The highest BCUT2D eigenvalue weighted by Crippen LogP contribution is 2.58. The van der Waals surface area contributed by atoms with E-state index in [0.29, 0.717) is 81.5 Å². The van der Waals surface area contributed by atoms with Crippen LogP contribution < -0.4 is 11.2 Å². The van der Waals surface area contributed by atoms with Gasteiger partial charge in [0.25, 0.3) is 0 Å². The quantitative estimate of drug-likeness (QED) is 0.127. The Labute approximate surface area is 691 Å². The maximum Gasteiger partial charge on any atom is 0.495 e. The third-order valence-corrected chi connectivity index (χ3v) is 26.6. The van der Waals surface area contributed by atoms with Gasteiger partial charge in [-0.2, -0.15) is 30.9 Å². The summed E-state index contributed by atoms with van der Waals surface area (Å²) in [5, 5.41) is 50.4. The molecule has 14 aromatic rings. The highest BCUT2D eigenvalue weighted by atomic mass is 79.9. The monoisotopic (exact) mass is 1620 g/mol. The van der Waals surface area contributed by atoms with Gasteiger partial charge in [-0.25, -0.2) is 4.79 Å². The van der Waals surface area contributed by atoms with Crippen LogP contribution in [0.3, 0.4) is 0 Å². The number of nitrogens with zero attached hydrogens (tertiary/aromatic N) is 17. The lowest BCUT2D eigenvalue weighted by atomic mass is 9.77. The van der Waals surface area contributed by atoms with Crippen molar-refractivity contribution in [3.8, 4) is 79.9 Å². The van der Waals surface area contributed by atoms with Crippen LogP contribution in [0.1, 0.15) is 230 Å². The molecule has 588 valence electrons. The number of aromatic nitrogens is 15. The molecule has 4 aliphatic carbocycles. The number of carbonyl (C=O) groups is 2. The molecule has 11 aromatic heterocycles. The molecular formula is C93H86BBrN18O5. The largest absolute Gasteiger partial charge is 0.495 e. The summed E-state index contributed by atoms with van der Waals surface area (Å²) in [5.41, 5.74) is 30.3. The topological polar surface area (TPSA) is 308 Å². The number of primary amides is 1. The van der Waals surface area contributed by atoms with E-state index in [0.717, 1.165) is 153 Å². The van der Waals surface area contributed by atoms with E-state index in [-0.39, 0.29) is 11.2 Å². The normalized spacial score (nSPS) is 20.9. The number of hydrogen-bond acceptors (Lipinski definition) is 17. The van der Waals surface area contributed by atoms with Gasteiger partial charge in [0.15, 0.2) is 0 Å². The van der Waals surface area contributed by atoms with Gasteiger partial charge in [-0.1, -0.05) is 24.3 Å². The van der Waals surface area contributed by atoms with E-state index in [1.165, 1.54) is 68.4 Å². The third-order valence-electron chi connectivity index (χ3n) is 25.9. The van der Waals surface area contributed by atoms with Crippen molar-refractivity contribution in [3.63, 3.8) is 0 Å². The van der Waals surface area contributed by atoms with Gasteiger partial charge < -0.3 is 20.1 Å². The second kappa shape index (κ2) is 29.7. The van der Waals surface area contributed by atoms with Crippen molar-refractivity contribution in [2.45, 2.75) is 191 Å². The second-order valence-electron chi connectivity index (χ2n) is 33.8. The number of amides is 1. The van der Waals surface area contributed by atoms with Gasteiger partial charge in [0.2, 0.25) is 5.91 Å². The van der Waals surface area contributed by atoms with Gasteiger partial charge in [0, 0.05) is 97.9 Å². The van der Waals surface area contributed by atoms with E-state index in [4.69, 9.17) is 45.6 Å². The summed E-state index contributed by atoms with van der Waals surface area (Å²) in [4.78, 5) is 55.5. The molecule has 5 fully saturated rings. The molecular weight excluding hydrogens is 1540 g/mol. The SMILES string of the molecule is CC1(C)OB(c2ccnc3ccc(C#N)cc23)OC1(C)C.Cc1cccc(-c2nn3c(c2-c2ccnc4ccc(C#N)cc24)C2CCC3C2)n1.Cc1cccc(-c2nn3c(c2-c2ccnc4ccc(C(N)=O)cc24)C2CCC3C2)n1.Cc1cccc(-c2nn3c(c2Br)C2CCC3C2)n1.Cc1cccc(-c2nn3c(c2C(=O)O)C2CCC3C2)n1. The van der Waals surface area contributed by atoms with Gasteiger partial charge in [0.05, 0.1) is 125 Å². The zero-order valence-electron chi connectivity index (χ0n) is 66.9. The predicted molar refractivity (Wildman–Crippen MR) is 455 cm³/mol. The molecule has 23 nitrogen and oxygen atoms in total. The van der Waals surface area contributed by atoms with Gasteiger partial charge >= 0.3 is 13.1 Å². The molecule has 8 atom stereocenters. The lowest BCUT2D eigenvalue weighted by Gasteiger charge is -2.32. The lowest BCUT2D eigenvalue weighted by molar-refractivity contribution is 0.00578. The maximum atomic E-state index is 11.8. The Hall–Kier alpha value is -12.3. The Kier molecular flexibility index (Phi) is 19.1. The smallest absolute Gasteiger partial charge is 0.478 e. The van der Waals surface area contributed by atoms with Gasteiger partial charge in [-0.05, 0) is 286 Å². The predicted octanol–water partition coefficient (Wildman–Crippen LogP) is 18.6. The van der Waals surface area contributed by atoms with Crippen molar-refractivity contribution in [3.05, 3.63) is 236 Å². The molecule has 8 unspecified atom stereocenters. The number of aryl methyl sites for hydroxylation is 4. The zero-order chi connectivity index (χ0) is 81.3. The first-order valence-corrected chi connectivity index (χ1v) is 41.6. The van der Waals surface area contributed by atoms with Crippen molar-refractivity contribution in [1.82, 2.24) is 74.0 Å². The molecule has 0 spiro atoms. The molecule has 0 radical (unpaired) electrons. The van der Waals surface area contributed by atoms with Crippen molar-refractivity contribution < 1.29 is 24.0 Å². The average Bonchev–Trinajstić information content (AvgIpc) is 1.57. The fourth-order valence-electron chi connectivity index (χ4n) is 19.6. The summed E-state index contributed by atoms with van der Waals surface area (Å²) < 4.78 is 22.0. The Bertz CT molecular complexity index is 6530. The molecule has 23 rings (SSSR count).